The van der Waals surface area contributed by atoms with E-state index in [9.17, 15) is 14.7 Å². The van der Waals surface area contributed by atoms with Gasteiger partial charge in [0.05, 0.1) is 25.4 Å². The van der Waals surface area contributed by atoms with Crippen molar-refractivity contribution >= 4 is 23.5 Å². The summed E-state index contributed by atoms with van der Waals surface area (Å²) in [6, 6.07) is 14.8. The van der Waals surface area contributed by atoms with Crippen LogP contribution < -0.4 is 5.32 Å². The summed E-state index contributed by atoms with van der Waals surface area (Å²) in [5.74, 6) is -0.271. The first-order valence-corrected chi connectivity index (χ1v) is 10.5. The van der Waals surface area contributed by atoms with Crippen LogP contribution in [0.15, 0.2) is 48.5 Å². The second kappa shape index (κ2) is 8.38. The van der Waals surface area contributed by atoms with Gasteiger partial charge in [-0.15, -0.1) is 0 Å². The topological polar surface area (TPSA) is 78.9 Å². The highest BCUT2D eigenvalue weighted by Crippen LogP contribution is 2.33. The standard InChI is InChI=1S/C23H25ClN2O4/c1-15(16-6-8-19(24)9-7-16)30-14-20(27)13-26-21(28)23(25-22(26)29)11-10-17-4-2-3-5-18(17)12-23/h2-9,15,20,27H,10-14H2,1H3,(H,25,29). The van der Waals surface area contributed by atoms with E-state index in [-0.39, 0.29) is 25.2 Å². The largest absolute Gasteiger partial charge is 0.389 e. The van der Waals surface area contributed by atoms with Crippen molar-refractivity contribution < 1.29 is 19.4 Å². The second-order valence-corrected chi connectivity index (χ2v) is 8.49. The third kappa shape index (κ3) is 4.08. The fourth-order valence-corrected chi connectivity index (χ4v) is 4.34. The highest BCUT2D eigenvalue weighted by molar-refractivity contribution is 6.30. The van der Waals surface area contributed by atoms with E-state index in [4.69, 9.17) is 16.3 Å². The predicted molar refractivity (Wildman–Crippen MR) is 113 cm³/mol. The van der Waals surface area contributed by atoms with E-state index >= 15 is 0 Å². The number of rotatable bonds is 6. The first-order chi connectivity index (χ1) is 14.4. The van der Waals surface area contributed by atoms with Crippen molar-refractivity contribution in [3.05, 3.63) is 70.2 Å². The number of fused-ring (bicyclic) bond motifs is 1. The van der Waals surface area contributed by atoms with Gasteiger partial charge in [0.1, 0.15) is 5.54 Å². The Morgan fingerprint density at radius 1 is 1.17 bits per heavy atom. The van der Waals surface area contributed by atoms with Crippen LogP contribution >= 0.6 is 11.6 Å². The number of ether oxygens (including phenoxy) is 1. The normalized spacial score (nSPS) is 22.7. The average Bonchev–Trinajstić information content (AvgIpc) is 2.96. The van der Waals surface area contributed by atoms with Crippen LogP contribution in [0.2, 0.25) is 5.02 Å². The number of nitrogens with one attached hydrogen (secondary N) is 1. The van der Waals surface area contributed by atoms with E-state index in [1.165, 1.54) is 5.56 Å². The van der Waals surface area contributed by atoms with Crippen molar-refractivity contribution in [2.75, 3.05) is 13.2 Å². The minimum atomic E-state index is -0.972. The van der Waals surface area contributed by atoms with Gasteiger partial charge >= 0.3 is 6.03 Å². The molecule has 0 radical (unpaired) electrons. The molecule has 1 fully saturated rings. The maximum atomic E-state index is 13.1. The molecule has 1 aliphatic heterocycles. The number of nitrogens with zero attached hydrogens (tertiary/aromatic N) is 1. The number of urea groups is 1. The van der Waals surface area contributed by atoms with Gasteiger partial charge in [0.2, 0.25) is 0 Å². The molecule has 2 aromatic rings. The fourth-order valence-electron chi connectivity index (χ4n) is 4.22. The van der Waals surface area contributed by atoms with E-state index in [1.807, 2.05) is 37.3 Å². The molecule has 0 aromatic heterocycles. The Labute approximate surface area is 180 Å². The number of hydrogen-bond acceptors (Lipinski definition) is 4. The van der Waals surface area contributed by atoms with E-state index in [0.29, 0.717) is 17.9 Å². The molecule has 3 unspecified atom stereocenters. The van der Waals surface area contributed by atoms with Crippen LogP contribution in [0, 0.1) is 0 Å². The summed E-state index contributed by atoms with van der Waals surface area (Å²) in [4.78, 5) is 26.8. The number of β-amino-alcohol motifs (C(OH)–C–C–N with tert-alkyl or cyclic N) is 1. The van der Waals surface area contributed by atoms with Gasteiger partial charge in [0.15, 0.2) is 0 Å². The molecule has 158 valence electrons. The minimum absolute atomic E-state index is 0.0106. The van der Waals surface area contributed by atoms with Crippen molar-refractivity contribution in [1.29, 1.82) is 0 Å². The van der Waals surface area contributed by atoms with Crippen LogP contribution in [0.4, 0.5) is 4.79 Å². The molecular weight excluding hydrogens is 404 g/mol. The third-order valence-corrected chi connectivity index (χ3v) is 6.20. The van der Waals surface area contributed by atoms with E-state index in [2.05, 4.69) is 11.4 Å². The summed E-state index contributed by atoms with van der Waals surface area (Å²) in [6.45, 7) is 1.79. The van der Waals surface area contributed by atoms with Crippen LogP contribution in [0.25, 0.3) is 0 Å². The summed E-state index contributed by atoms with van der Waals surface area (Å²) >= 11 is 5.90. The smallest absolute Gasteiger partial charge is 0.325 e. The number of hydrogen-bond donors (Lipinski definition) is 2. The van der Waals surface area contributed by atoms with Gasteiger partial charge in [-0.2, -0.15) is 0 Å². The van der Waals surface area contributed by atoms with E-state index < -0.39 is 17.7 Å². The number of imide groups is 1. The molecule has 1 saturated heterocycles. The third-order valence-electron chi connectivity index (χ3n) is 5.95. The summed E-state index contributed by atoms with van der Waals surface area (Å²) in [5.41, 5.74) is 2.32. The number of halogens is 1. The molecular formula is C23H25ClN2O4. The van der Waals surface area contributed by atoms with Crippen LogP contribution in [0.5, 0.6) is 0 Å². The van der Waals surface area contributed by atoms with Gasteiger partial charge in [-0.3, -0.25) is 9.69 Å². The number of aryl methyl sites for hydroxylation is 1. The highest BCUT2D eigenvalue weighted by atomic mass is 35.5. The van der Waals surface area contributed by atoms with Crippen molar-refractivity contribution in [3.8, 4) is 0 Å². The molecule has 2 aromatic carbocycles. The van der Waals surface area contributed by atoms with Crippen molar-refractivity contribution in [1.82, 2.24) is 10.2 Å². The number of aliphatic hydroxyl groups is 1. The quantitative estimate of drug-likeness (QED) is 0.692. The molecule has 0 bridgehead atoms. The maximum Gasteiger partial charge on any atom is 0.325 e. The average molecular weight is 429 g/mol. The SMILES string of the molecule is CC(OCC(O)CN1C(=O)NC2(CCc3ccccc3C2)C1=O)c1ccc(Cl)cc1. The summed E-state index contributed by atoms with van der Waals surface area (Å²) in [7, 11) is 0. The van der Waals surface area contributed by atoms with Gasteiger partial charge in [-0.25, -0.2) is 4.79 Å². The Balaban J connectivity index is 1.36. The van der Waals surface area contributed by atoms with Crippen LogP contribution in [-0.2, 0) is 22.4 Å². The van der Waals surface area contributed by atoms with E-state index in [0.717, 1.165) is 22.4 Å². The molecule has 2 aliphatic rings. The lowest BCUT2D eigenvalue weighted by Gasteiger charge is -2.32. The van der Waals surface area contributed by atoms with Gasteiger partial charge in [-0.05, 0) is 48.6 Å². The molecule has 4 rings (SSSR count). The number of amides is 3. The molecule has 30 heavy (non-hydrogen) atoms. The van der Waals surface area contributed by atoms with Crippen LogP contribution in [-0.4, -0.2) is 46.7 Å². The summed E-state index contributed by atoms with van der Waals surface area (Å²) in [5, 5.41) is 13.9. The number of carbonyl (C=O) groups is 2. The molecule has 3 atom stereocenters. The zero-order valence-electron chi connectivity index (χ0n) is 16.8. The van der Waals surface area contributed by atoms with Crippen molar-refractivity contribution in [2.24, 2.45) is 0 Å². The molecule has 6 nitrogen and oxygen atoms in total. The monoisotopic (exact) mass is 428 g/mol. The molecule has 1 heterocycles. The first kappa shape index (κ1) is 20.8. The lowest BCUT2D eigenvalue weighted by atomic mass is 9.78. The molecule has 2 N–H and O–H groups in total. The first-order valence-electron chi connectivity index (χ1n) is 10.1. The highest BCUT2D eigenvalue weighted by Gasteiger charge is 2.52. The van der Waals surface area contributed by atoms with Gasteiger partial charge in [0, 0.05) is 11.4 Å². The lowest BCUT2D eigenvalue weighted by molar-refractivity contribution is -0.133. The molecule has 0 saturated carbocycles. The summed E-state index contributed by atoms with van der Waals surface area (Å²) < 4.78 is 5.73. The summed E-state index contributed by atoms with van der Waals surface area (Å²) in [6.07, 6.45) is 0.553. The molecule has 7 heteroatoms. The Morgan fingerprint density at radius 2 is 1.87 bits per heavy atom. The molecule has 1 spiro atoms. The zero-order valence-corrected chi connectivity index (χ0v) is 17.6. The van der Waals surface area contributed by atoms with Crippen LogP contribution in [0.1, 0.15) is 36.1 Å². The maximum absolute atomic E-state index is 13.1. The molecule has 3 amide bonds. The van der Waals surface area contributed by atoms with Crippen molar-refractivity contribution in [3.63, 3.8) is 0 Å². The Kier molecular flexibility index (Phi) is 5.82. The van der Waals surface area contributed by atoms with Gasteiger partial charge < -0.3 is 15.2 Å². The lowest BCUT2D eigenvalue weighted by Crippen LogP contribution is -2.51. The Hall–Kier alpha value is -2.41. The van der Waals surface area contributed by atoms with Gasteiger partial charge in [0.25, 0.3) is 5.91 Å². The van der Waals surface area contributed by atoms with E-state index in [1.54, 1.807) is 12.1 Å². The Morgan fingerprint density at radius 3 is 2.60 bits per heavy atom. The van der Waals surface area contributed by atoms with Gasteiger partial charge in [-0.1, -0.05) is 48.0 Å². The number of carbonyl (C=O) groups excluding carboxylic acids is 2. The van der Waals surface area contributed by atoms with Crippen LogP contribution in [0.3, 0.4) is 0 Å². The minimum Gasteiger partial charge on any atom is -0.389 e. The predicted octanol–water partition coefficient (Wildman–Crippen LogP) is 3.26. The number of aliphatic hydroxyl groups excluding tert-OH is 1. The molecule has 1 aliphatic carbocycles. The number of benzene rings is 2. The fraction of sp³-hybridized carbons (Fsp3) is 0.391. The second-order valence-electron chi connectivity index (χ2n) is 8.05. The Bertz CT molecular complexity index is 948. The van der Waals surface area contributed by atoms with Crippen molar-refractivity contribution in [2.45, 2.75) is 43.9 Å². The zero-order chi connectivity index (χ0) is 21.3.